The van der Waals surface area contributed by atoms with Crippen LogP contribution in [0, 0.1) is 6.92 Å². The molecule has 1 atom stereocenters. The third-order valence-electron chi connectivity index (χ3n) is 1.79. The fourth-order valence-corrected chi connectivity index (χ4v) is 0.969. The predicted molar refractivity (Wildman–Crippen MR) is 46.9 cm³/mol. The van der Waals surface area contributed by atoms with E-state index in [1.165, 1.54) is 20.1 Å². The molecule has 1 N–H and O–H groups in total. The lowest BCUT2D eigenvalue weighted by Gasteiger charge is -2.07. The van der Waals surface area contributed by atoms with Crippen molar-refractivity contribution in [2.45, 2.75) is 20.0 Å². The van der Waals surface area contributed by atoms with E-state index < -0.39 is 11.7 Å². The van der Waals surface area contributed by atoms with Gasteiger partial charge in [0.25, 0.3) is 0 Å². The number of hydrogen-bond acceptors (Lipinski definition) is 4. The van der Waals surface area contributed by atoms with Gasteiger partial charge in [-0.1, -0.05) is 0 Å². The normalized spacial score (nSPS) is 12.6. The largest absolute Gasteiger partial charge is 0.496 e. The molecule has 1 aromatic rings. The second-order valence-electron chi connectivity index (χ2n) is 2.81. The molecule has 1 heterocycles. The summed E-state index contributed by atoms with van der Waals surface area (Å²) in [6.45, 7) is 3.13. The van der Waals surface area contributed by atoms with E-state index in [0.29, 0.717) is 11.3 Å². The lowest BCUT2D eigenvalue weighted by molar-refractivity contribution is 0.162. The SMILES string of the molecule is COc1cc(C(C)O)oc(=O)c1C. The Hall–Kier alpha value is -1.29. The molecule has 1 unspecified atom stereocenters. The van der Waals surface area contributed by atoms with Crippen molar-refractivity contribution in [1.82, 2.24) is 0 Å². The van der Waals surface area contributed by atoms with Crippen molar-refractivity contribution < 1.29 is 14.3 Å². The number of rotatable bonds is 2. The summed E-state index contributed by atoms with van der Waals surface area (Å²) in [6, 6.07) is 1.52. The molecule has 13 heavy (non-hydrogen) atoms. The molecular weight excluding hydrogens is 172 g/mol. The minimum absolute atomic E-state index is 0.215. The van der Waals surface area contributed by atoms with Crippen molar-refractivity contribution in [3.63, 3.8) is 0 Å². The number of ether oxygens (including phenoxy) is 1. The molecule has 72 valence electrons. The molecule has 0 saturated heterocycles. The summed E-state index contributed by atoms with van der Waals surface area (Å²) in [4.78, 5) is 11.2. The van der Waals surface area contributed by atoms with Crippen molar-refractivity contribution in [1.29, 1.82) is 0 Å². The van der Waals surface area contributed by atoms with Crippen LogP contribution < -0.4 is 10.4 Å². The highest BCUT2D eigenvalue weighted by atomic mass is 16.5. The molecule has 0 aliphatic rings. The molecule has 0 aliphatic heterocycles. The molecule has 1 aromatic heterocycles. The lowest BCUT2D eigenvalue weighted by Crippen LogP contribution is -2.08. The van der Waals surface area contributed by atoms with Gasteiger partial charge in [-0.25, -0.2) is 4.79 Å². The van der Waals surface area contributed by atoms with Crippen LogP contribution in [0.1, 0.15) is 24.4 Å². The highest BCUT2D eigenvalue weighted by molar-refractivity contribution is 5.30. The third-order valence-corrected chi connectivity index (χ3v) is 1.79. The Morgan fingerprint density at radius 1 is 1.62 bits per heavy atom. The van der Waals surface area contributed by atoms with Gasteiger partial charge in [0.05, 0.1) is 12.7 Å². The minimum atomic E-state index is -0.804. The van der Waals surface area contributed by atoms with E-state index in [9.17, 15) is 9.90 Å². The zero-order valence-corrected chi connectivity index (χ0v) is 7.83. The second kappa shape index (κ2) is 3.62. The molecule has 1 rings (SSSR count). The van der Waals surface area contributed by atoms with Gasteiger partial charge in [-0.15, -0.1) is 0 Å². The molecule has 0 fully saturated rings. The molecule has 0 saturated carbocycles. The first-order valence-corrected chi connectivity index (χ1v) is 3.93. The van der Waals surface area contributed by atoms with Crippen molar-refractivity contribution >= 4 is 0 Å². The van der Waals surface area contributed by atoms with Crippen molar-refractivity contribution in [2.75, 3.05) is 7.11 Å². The average molecular weight is 184 g/mol. The van der Waals surface area contributed by atoms with E-state index in [0.717, 1.165) is 0 Å². The van der Waals surface area contributed by atoms with Gasteiger partial charge in [0.1, 0.15) is 17.6 Å². The summed E-state index contributed by atoms with van der Waals surface area (Å²) in [5, 5.41) is 9.17. The van der Waals surface area contributed by atoms with Gasteiger partial charge < -0.3 is 14.3 Å². The zero-order chi connectivity index (χ0) is 10.0. The molecule has 0 aliphatic carbocycles. The Kier molecular flexibility index (Phi) is 2.72. The molecular formula is C9H12O4. The van der Waals surface area contributed by atoms with Gasteiger partial charge in [0.2, 0.25) is 0 Å². The Morgan fingerprint density at radius 3 is 2.69 bits per heavy atom. The molecule has 0 aromatic carbocycles. The van der Waals surface area contributed by atoms with Crippen LogP contribution in [-0.2, 0) is 0 Å². The summed E-state index contributed by atoms with van der Waals surface area (Å²) >= 11 is 0. The monoisotopic (exact) mass is 184 g/mol. The predicted octanol–water partition coefficient (Wildman–Crippen LogP) is 1.01. The number of methoxy groups -OCH3 is 1. The van der Waals surface area contributed by atoms with E-state index in [-0.39, 0.29) is 5.76 Å². The fraction of sp³-hybridized carbons (Fsp3) is 0.444. The van der Waals surface area contributed by atoms with Crippen LogP contribution in [0.25, 0.3) is 0 Å². The maximum Gasteiger partial charge on any atom is 0.342 e. The van der Waals surface area contributed by atoms with Crippen LogP contribution in [0.15, 0.2) is 15.3 Å². The summed E-state index contributed by atoms with van der Waals surface area (Å²) in [6.07, 6.45) is -0.804. The Bertz CT molecular complexity index is 351. The van der Waals surface area contributed by atoms with Crippen LogP contribution in [-0.4, -0.2) is 12.2 Å². The maximum absolute atomic E-state index is 11.2. The smallest absolute Gasteiger partial charge is 0.342 e. The Labute approximate surface area is 75.8 Å². The van der Waals surface area contributed by atoms with Gasteiger partial charge in [-0.3, -0.25) is 0 Å². The van der Waals surface area contributed by atoms with Crippen molar-refractivity contribution in [2.24, 2.45) is 0 Å². The van der Waals surface area contributed by atoms with Crippen molar-refractivity contribution in [3.05, 3.63) is 27.8 Å². The Morgan fingerprint density at radius 2 is 2.23 bits per heavy atom. The molecule has 4 heteroatoms. The van der Waals surface area contributed by atoms with Gasteiger partial charge in [0.15, 0.2) is 0 Å². The molecule has 0 amide bonds. The zero-order valence-electron chi connectivity index (χ0n) is 7.83. The average Bonchev–Trinajstić information content (AvgIpc) is 2.09. The van der Waals surface area contributed by atoms with Crippen LogP contribution in [0.5, 0.6) is 5.75 Å². The Balaban J connectivity index is 3.31. The van der Waals surface area contributed by atoms with Gasteiger partial charge in [0, 0.05) is 6.07 Å². The molecule has 4 nitrogen and oxygen atoms in total. The molecule has 0 spiro atoms. The third kappa shape index (κ3) is 1.89. The number of hydrogen-bond donors (Lipinski definition) is 1. The highest BCUT2D eigenvalue weighted by Gasteiger charge is 2.11. The van der Waals surface area contributed by atoms with Crippen LogP contribution in [0.3, 0.4) is 0 Å². The van der Waals surface area contributed by atoms with Gasteiger partial charge in [-0.05, 0) is 13.8 Å². The first kappa shape index (κ1) is 9.80. The fourth-order valence-electron chi connectivity index (χ4n) is 0.969. The summed E-state index contributed by atoms with van der Waals surface area (Å²) in [7, 11) is 1.47. The van der Waals surface area contributed by atoms with E-state index in [4.69, 9.17) is 9.15 Å². The first-order valence-electron chi connectivity index (χ1n) is 3.93. The van der Waals surface area contributed by atoms with Gasteiger partial charge in [-0.2, -0.15) is 0 Å². The standard InChI is InChI=1S/C9H12O4/c1-5-7(12-3)4-8(6(2)10)13-9(5)11/h4,6,10H,1-3H3. The van der Waals surface area contributed by atoms with Crippen LogP contribution >= 0.6 is 0 Å². The second-order valence-corrected chi connectivity index (χ2v) is 2.81. The number of aliphatic hydroxyl groups excluding tert-OH is 1. The van der Waals surface area contributed by atoms with Crippen molar-refractivity contribution in [3.8, 4) is 5.75 Å². The highest BCUT2D eigenvalue weighted by Crippen LogP contribution is 2.19. The van der Waals surface area contributed by atoms with Crippen LogP contribution in [0.2, 0.25) is 0 Å². The van der Waals surface area contributed by atoms with E-state index in [2.05, 4.69) is 0 Å². The van der Waals surface area contributed by atoms with E-state index in [1.54, 1.807) is 6.92 Å². The summed E-state index contributed by atoms with van der Waals surface area (Å²) in [5.41, 5.74) is -0.0675. The minimum Gasteiger partial charge on any atom is -0.496 e. The summed E-state index contributed by atoms with van der Waals surface area (Å²) < 4.78 is 9.77. The number of aliphatic hydroxyl groups is 1. The first-order chi connectivity index (χ1) is 6.06. The van der Waals surface area contributed by atoms with E-state index in [1.807, 2.05) is 0 Å². The van der Waals surface area contributed by atoms with E-state index >= 15 is 0 Å². The summed E-state index contributed by atoms with van der Waals surface area (Å²) in [5.74, 6) is 0.652. The molecule has 0 radical (unpaired) electrons. The topological polar surface area (TPSA) is 59.7 Å². The quantitative estimate of drug-likeness (QED) is 0.745. The molecule has 0 bridgehead atoms. The van der Waals surface area contributed by atoms with Crippen LogP contribution in [0.4, 0.5) is 0 Å². The van der Waals surface area contributed by atoms with Gasteiger partial charge >= 0.3 is 5.63 Å². The maximum atomic E-state index is 11.2. The lowest BCUT2D eigenvalue weighted by atomic mass is 10.2.